The monoisotopic (exact) mass is 298 g/mol. The lowest BCUT2D eigenvalue weighted by molar-refractivity contribution is 0.0600. The lowest BCUT2D eigenvalue weighted by atomic mass is 9.92. The summed E-state index contributed by atoms with van der Waals surface area (Å²) >= 11 is 0. The first-order valence-corrected chi connectivity index (χ1v) is 7.57. The van der Waals surface area contributed by atoms with E-state index in [9.17, 15) is 9.90 Å². The molecule has 0 bridgehead atoms. The van der Waals surface area contributed by atoms with E-state index in [0.717, 1.165) is 30.4 Å². The number of carbonyl (C=O) groups excluding carboxylic acids is 1. The van der Waals surface area contributed by atoms with Gasteiger partial charge in [0.05, 0.1) is 19.3 Å². The Kier molecular flexibility index (Phi) is 5.73. The molecule has 0 spiro atoms. The maximum Gasteiger partial charge on any atom is 0.337 e. The van der Waals surface area contributed by atoms with Crippen LogP contribution in [0.3, 0.4) is 0 Å². The van der Waals surface area contributed by atoms with E-state index in [1.807, 2.05) is 24.3 Å². The molecule has 0 saturated carbocycles. The highest BCUT2D eigenvalue weighted by Crippen LogP contribution is 2.21. The lowest BCUT2D eigenvalue weighted by Gasteiger charge is -2.14. The summed E-state index contributed by atoms with van der Waals surface area (Å²) in [6.07, 6.45) is 2.83. The van der Waals surface area contributed by atoms with Crippen molar-refractivity contribution in [2.75, 3.05) is 7.11 Å². The molecule has 0 saturated heterocycles. The summed E-state index contributed by atoms with van der Waals surface area (Å²) in [7, 11) is 1.38. The summed E-state index contributed by atoms with van der Waals surface area (Å²) in [5.41, 5.74) is 5.12. The lowest BCUT2D eigenvalue weighted by Crippen LogP contribution is -2.03. The molecule has 0 atom stereocenters. The third-order valence-corrected chi connectivity index (χ3v) is 3.82. The average Bonchev–Trinajstić information content (AvgIpc) is 2.56. The molecule has 2 rings (SSSR count). The topological polar surface area (TPSA) is 46.5 Å². The highest BCUT2D eigenvalue weighted by molar-refractivity contribution is 5.89. The van der Waals surface area contributed by atoms with Crippen molar-refractivity contribution in [3.05, 3.63) is 70.3 Å². The fourth-order valence-electron chi connectivity index (χ4n) is 2.65. The van der Waals surface area contributed by atoms with Crippen LogP contribution in [0.25, 0.3) is 0 Å². The Morgan fingerprint density at radius 2 is 1.77 bits per heavy atom. The molecule has 0 amide bonds. The first-order chi connectivity index (χ1) is 10.7. The van der Waals surface area contributed by atoms with Crippen LogP contribution in [0, 0.1) is 0 Å². The summed E-state index contributed by atoms with van der Waals surface area (Å²) in [6.45, 7) is 2.20. The van der Waals surface area contributed by atoms with Gasteiger partial charge in [0.15, 0.2) is 0 Å². The molecule has 0 aliphatic heterocycles. The van der Waals surface area contributed by atoms with Crippen LogP contribution in [0.2, 0.25) is 0 Å². The van der Waals surface area contributed by atoms with Crippen LogP contribution in [0.1, 0.15) is 46.0 Å². The Bertz CT molecular complexity index is 630. The van der Waals surface area contributed by atoms with E-state index in [1.54, 1.807) is 12.1 Å². The van der Waals surface area contributed by atoms with Gasteiger partial charge in [0, 0.05) is 0 Å². The second kappa shape index (κ2) is 7.76. The minimum Gasteiger partial charge on any atom is -0.465 e. The van der Waals surface area contributed by atoms with Gasteiger partial charge in [-0.15, -0.1) is 0 Å². The molecule has 0 fully saturated rings. The molecule has 2 aromatic rings. The zero-order chi connectivity index (χ0) is 15.9. The molecule has 3 nitrogen and oxygen atoms in total. The van der Waals surface area contributed by atoms with Gasteiger partial charge in [-0.1, -0.05) is 43.7 Å². The van der Waals surface area contributed by atoms with Crippen molar-refractivity contribution in [2.45, 2.75) is 32.8 Å². The predicted molar refractivity (Wildman–Crippen MR) is 86.9 cm³/mol. The number of ether oxygens (including phenoxy) is 1. The maximum absolute atomic E-state index is 11.5. The van der Waals surface area contributed by atoms with Crippen LogP contribution in [0.15, 0.2) is 42.5 Å². The molecule has 0 aliphatic carbocycles. The fraction of sp³-hybridized carbons (Fsp3) is 0.316. The van der Waals surface area contributed by atoms with E-state index in [2.05, 4.69) is 13.0 Å². The van der Waals surface area contributed by atoms with Gasteiger partial charge >= 0.3 is 5.97 Å². The molecule has 0 aromatic heterocycles. The Hall–Kier alpha value is -2.13. The van der Waals surface area contributed by atoms with E-state index in [-0.39, 0.29) is 12.6 Å². The molecule has 0 unspecified atom stereocenters. The highest BCUT2D eigenvalue weighted by Gasteiger charge is 2.10. The van der Waals surface area contributed by atoms with Crippen LogP contribution in [-0.2, 0) is 24.2 Å². The van der Waals surface area contributed by atoms with Gasteiger partial charge in [-0.2, -0.15) is 0 Å². The van der Waals surface area contributed by atoms with Crippen molar-refractivity contribution in [2.24, 2.45) is 0 Å². The van der Waals surface area contributed by atoms with E-state index in [0.29, 0.717) is 5.56 Å². The van der Waals surface area contributed by atoms with E-state index >= 15 is 0 Å². The Balaban J connectivity index is 2.28. The Labute approximate surface area is 131 Å². The third kappa shape index (κ3) is 3.74. The van der Waals surface area contributed by atoms with Gasteiger partial charge in [0.2, 0.25) is 0 Å². The number of benzene rings is 2. The summed E-state index contributed by atoms with van der Waals surface area (Å²) in [5, 5.41) is 9.58. The predicted octanol–water partition coefficient (Wildman–Crippen LogP) is 3.51. The van der Waals surface area contributed by atoms with E-state index in [1.165, 1.54) is 18.2 Å². The number of methoxy groups -OCH3 is 1. The number of aliphatic hydroxyl groups is 1. The molecule has 0 radical (unpaired) electrons. The molecule has 2 aromatic carbocycles. The highest BCUT2D eigenvalue weighted by atomic mass is 16.5. The fourth-order valence-corrected chi connectivity index (χ4v) is 2.65. The van der Waals surface area contributed by atoms with Crippen molar-refractivity contribution in [1.29, 1.82) is 0 Å². The Morgan fingerprint density at radius 3 is 2.36 bits per heavy atom. The number of hydrogen-bond donors (Lipinski definition) is 1. The summed E-state index contributed by atoms with van der Waals surface area (Å²) in [5.74, 6) is -0.325. The number of aliphatic hydroxyl groups excluding tert-OH is 1. The van der Waals surface area contributed by atoms with Crippen molar-refractivity contribution >= 4 is 5.97 Å². The SMILES string of the molecule is CCCc1cccc(CO)c1Cc1ccc(C(=O)OC)cc1. The minimum absolute atomic E-state index is 0.0487. The number of rotatable bonds is 6. The molecule has 3 heteroatoms. The summed E-state index contributed by atoms with van der Waals surface area (Å²) < 4.78 is 4.71. The van der Waals surface area contributed by atoms with Crippen molar-refractivity contribution in [3.63, 3.8) is 0 Å². The number of aryl methyl sites for hydroxylation is 1. The van der Waals surface area contributed by atoms with Gasteiger partial charge in [-0.3, -0.25) is 0 Å². The number of hydrogen-bond acceptors (Lipinski definition) is 3. The van der Waals surface area contributed by atoms with Crippen LogP contribution >= 0.6 is 0 Å². The standard InChI is InChI=1S/C19H22O3/c1-3-5-15-6-4-7-17(13-20)18(15)12-14-8-10-16(11-9-14)19(21)22-2/h4,6-11,20H,3,5,12-13H2,1-2H3. The molecule has 1 N–H and O–H groups in total. The van der Waals surface area contributed by atoms with Crippen molar-refractivity contribution in [1.82, 2.24) is 0 Å². The van der Waals surface area contributed by atoms with Crippen LogP contribution in [-0.4, -0.2) is 18.2 Å². The van der Waals surface area contributed by atoms with Crippen LogP contribution in [0.4, 0.5) is 0 Å². The number of carbonyl (C=O) groups is 1. The Morgan fingerprint density at radius 1 is 1.09 bits per heavy atom. The molecule has 0 aliphatic rings. The van der Waals surface area contributed by atoms with E-state index in [4.69, 9.17) is 4.74 Å². The van der Waals surface area contributed by atoms with Crippen LogP contribution in [0.5, 0.6) is 0 Å². The molecule has 22 heavy (non-hydrogen) atoms. The van der Waals surface area contributed by atoms with Gasteiger partial charge in [-0.05, 0) is 47.2 Å². The summed E-state index contributed by atoms with van der Waals surface area (Å²) in [4.78, 5) is 11.5. The molecular formula is C19H22O3. The first-order valence-electron chi connectivity index (χ1n) is 7.57. The molecule has 0 heterocycles. The van der Waals surface area contributed by atoms with Gasteiger partial charge in [-0.25, -0.2) is 4.79 Å². The zero-order valence-electron chi connectivity index (χ0n) is 13.1. The van der Waals surface area contributed by atoms with Crippen LogP contribution < -0.4 is 0 Å². The van der Waals surface area contributed by atoms with E-state index < -0.39 is 0 Å². The first kappa shape index (κ1) is 16.2. The third-order valence-electron chi connectivity index (χ3n) is 3.82. The minimum atomic E-state index is -0.325. The average molecular weight is 298 g/mol. The summed E-state index contributed by atoms with van der Waals surface area (Å²) in [6, 6.07) is 13.5. The van der Waals surface area contributed by atoms with Crippen molar-refractivity contribution < 1.29 is 14.6 Å². The van der Waals surface area contributed by atoms with Crippen molar-refractivity contribution in [3.8, 4) is 0 Å². The maximum atomic E-state index is 11.5. The van der Waals surface area contributed by atoms with Gasteiger partial charge in [0.1, 0.15) is 0 Å². The normalized spacial score (nSPS) is 10.5. The smallest absolute Gasteiger partial charge is 0.337 e. The second-order valence-corrected chi connectivity index (χ2v) is 5.33. The quantitative estimate of drug-likeness (QED) is 0.830. The number of esters is 1. The van der Waals surface area contributed by atoms with Gasteiger partial charge < -0.3 is 9.84 Å². The van der Waals surface area contributed by atoms with Gasteiger partial charge in [0.25, 0.3) is 0 Å². The second-order valence-electron chi connectivity index (χ2n) is 5.33. The molecular weight excluding hydrogens is 276 g/mol. The zero-order valence-corrected chi connectivity index (χ0v) is 13.1. The largest absolute Gasteiger partial charge is 0.465 e. The molecule has 116 valence electrons.